The van der Waals surface area contributed by atoms with E-state index in [1.54, 1.807) is 0 Å². The summed E-state index contributed by atoms with van der Waals surface area (Å²) in [6, 6.07) is 18.8. The smallest absolute Gasteiger partial charge is 0.308 e. The summed E-state index contributed by atoms with van der Waals surface area (Å²) in [7, 11) is 0. The highest BCUT2D eigenvalue weighted by atomic mass is 16.5. The number of carbonyl (C=O) groups excluding carboxylic acids is 1. The Morgan fingerprint density at radius 2 is 1.58 bits per heavy atom. The minimum absolute atomic E-state index is 0.191. The fourth-order valence-corrected chi connectivity index (χ4v) is 1.79. The molecule has 98 valence electrons. The van der Waals surface area contributed by atoms with Crippen molar-refractivity contribution in [3.05, 3.63) is 71.8 Å². The highest BCUT2D eigenvalue weighted by Gasteiger charge is 2.12. The van der Waals surface area contributed by atoms with E-state index in [4.69, 9.17) is 10.5 Å². The summed E-state index contributed by atoms with van der Waals surface area (Å²) >= 11 is 0. The summed E-state index contributed by atoms with van der Waals surface area (Å²) in [6.07, 6.45) is 0.191. The van der Waals surface area contributed by atoms with E-state index in [1.807, 2.05) is 60.7 Å². The van der Waals surface area contributed by atoms with Crippen molar-refractivity contribution >= 4 is 5.97 Å². The van der Waals surface area contributed by atoms with Crippen LogP contribution in [0.3, 0.4) is 0 Å². The molecule has 0 spiro atoms. The molecule has 0 unspecified atom stereocenters. The van der Waals surface area contributed by atoms with Crippen LogP contribution in [0.25, 0.3) is 0 Å². The van der Waals surface area contributed by atoms with Crippen molar-refractivity contribution in [1.82, 2.24) is 0 Å². The Kier molecular flexibility index (Phi) is 4.70. The number of benzene rings is 2. The van der Waals surface area contributed by atoms with E-state index >= 15 is 0 Å². The molecular weight excluding hydrogens is 238 g/mol. The monoisotopic (exact) mass is 255 g/mol. The van der Waals surface area contributed by atoms with Gasteiger partial charge < -0.3 is 10.5 Å². The van der Waals surface area contributed by atoms with Gasteiger partial charge in [0.1, 0.15) is 6.61 Å². The van der Waals surface area contributed by atoms with Crippen molar-refractivity contribution in [1.29, 1.82) is 0 Å². The van der Waals surface area contributed by atoms with E-state index in [9.17, 15) is 4.79 Å². The van der Waals surface area contributed by atoms with Crippen LogP contribution >= 0.6 is 0 Å². The maximum Gasteiger partial charge on any atom is 0.308 e. The molecule has 0 aliphatic carbocycles. The Labute approximate surface area is 113 Å². The van der Waals surface area contributed by atoms with E-state index in [0.29, 0.717) is 6.61 Å². The van der Waals surface area contributed by atoms with Crippen LogP contribution in [0.1, 0.15) is 23.6 Å². The normalized spacial score (nSPS) is 11.8. The Morgan fingerprint density at radius 1 is 1.00 bits per heavy atom. The van der Waals surface area contributed by atoms with Crippen molar-refractivity contribution in [2.45, 2.75) is 19.1 Å². The Hall–Kier alpha value is -2.13. The first-order valence-corrected chi connectivity index (χ1v) is 6.26. The van der Waals surface area contributed by atoms with Gasteiger partial charge in [-0.3, -0.25) is 4.79 Å². The zero-order valence-corrected chi connectivity index (χ0v) is 10.7. The quantitative estimate of drug-likeness (QED) is 0.836. The van der Waals surface area contributed by atoms with Gasteiger partial charge in [-0.25, -0.2) is 0 Å². The van der Waals surface area contributed by atoms with E-state index in [0.717, 1.165) is 11.1 Å². The van der Waals surface area contributed by atoms with Gasteiger partial charge in [0.05, 0.1) is 6.42 Å². The molecule has 2 aromatic rings. The minimum atomic E-state index is -0.315. The fourth-order valence-electron chi connectivity index (χ4n) is 1.79. The number of esters is 1. The number of hydrogen-bond donors (Lipinski definition) is 1. The predicted octanol–water partition coefficient (Wildman–Crippen LogP) is 2.82. The molecule has 19 heavy (non-hydrogen) atoms. The van der Waals surface area contributed by atoms with Gasteiger partial charge in [-0.15, -0.1) is 0 Å². The first kappa shape index (κ1) is 13.3. The minimum Gasteiger partial charge on any atom is -0.461 e. The second-order valence-corrected chi connectivity index (χ2v) is 4.37. The molecule has 3 heteroatoms. The van der Waals surface area contributed by atoms with Crippen LogP contribution in [0.5, 0.6) is 0 Å². The van der Waals surface area contributed by atoms with Gasteiger partial charge in [0, 0.05) is 6.04 Å². The van der Waals surface area contributed by atoms with Crippen molar-refractivity contribution in [2.24, 2.45) is 5.73 Å². The molecule has 0 bridgehead atoms. The third-order valence-corrected chi connectivity index (χ3v) is 2.86. The summed E-state index contributed by atoms with van der Waals surface area (Å²) in [5.74, 6) is -0.278. The predicted molar refractivity (Wildman–Crippen MR) is 74.2 cm³/mol. The van der Waals surface area contributed by atoms with Crippen LogP contribution in [0.15, 0.2) is 60.7 Å². The molecule has 0 saturated heterocycles. The molecule has 1 atom stereocenters. The number of rotatable bonds is 5. The lowest BCUT2D eigenvalue weighted by molar-refractivity contribution is -0.145. The maximum atomic E-state index is 11.7. The molecule has 0 amide bonds. The summed E-state index contributed by atoms with van der Waals surface area (Å²) in [5, 5.41) is 0. The average Bonchev–Trinajstić information content (AvgIpc) is 2.47. The summed E-state index contributed by atoms with van der Waals surface area (Å²) in [4.78, 5) is 11.7. The summed E-state index contributed by atoms with van der Waals surface area (Å²) < 4.78 is 5.20. The molecule has 3 nitrogen and oxygen atoms in total. The fraction of sp³-hybridized carbons (Fsp3) is 0.188. The Balaban J connectivity index is 1.82. The molecular formula is C16H17NO2. The average molecular weight is 255 g/mol. The topological polar surface area (TPSA) is 52.3 Å². The first-order valence-electron chi connectivity index (χ1n) is 6.26. The van der Waals surface area contributed by atoms with Crippen molar-refractivity contribution in [2.75, 3.05) is 0 Å². The van der Waals surface area contributed by atoms with Crippen molar-refractivity contribution in [3.63, 3.8) is 0 Å². The molecule has 0 aliphatic rings. The van der Waals surface area contributed by atoms with Gasteiger partial charge in [-0.1, -0.05) is 60.7 Å². The second-order valence-electron chi connectivity index (χ2n) is 4.37. The van der Waals surface area contributed by atoms with Crippen molar-refractivity contribution < 1.29 is 9.53 Å². The highest BCUT2D eigenvalue weighted by Crippen LogP contribution is 2.14. The van der Waals surface area contributed by atoms with Crippen LogP contribution in [-0.2, 0) is 16.1 Å². The lowest BCUT2D eigenvalue weighted by atomic mass is 10.1. The van der Waals surface area contributed by atoms with Gasteiger partial charge in [-0.2, -0.15) is 0 Å². The number of ether oxygens (including phenoxy) is 1. The molecule has 2 rings (SSSR count). The SMILES string of the molecule is N[C@@H](CC(=O)OCc1ccccc1)c1ccccc1. The largest absolute Gasteiger partial charge is 0.461 e. The van der Waals surface area contributed by atoms with Crippen LogP contribution in [-0.4, -0.2) is 5.97 Å². The van der Waals surface area contributed by atoms with Gasteiger partial charge in [0.25, 0.3) is 0 Å². The number of hydrogen-bond acceptors (Lipinski definition) is 3. The molecule has 0 fully saturated rings. The van der Waals surface area contributed by atoms with Gasteiger partial charge >= 0.3 is 5.97 Å². The van der Waals surface area contributed by atoms with E-state index < -0.39 is 0 Å². The van der Waals surface area contributed by atoms with E-state index in [-0.39, 0.29) is 18.4 Å². The van der Waals surface area contributed by atoms with E-state index in [2.05, 4.69) is 0 Å². The summed E-state index contributed by atoms with van der Waals surface area (Å²) in [5.41, 5.74) is 7.88. The summed E-state index contributed by atoms with van der Waals surface area (Å²) in [6.45, 7) is 0.293. The lowest BCUT2D eigenvalue weighted by Crippen LogP contribution is -2.17. The van der Waals surface area contributed by atoms with Crippen LogP contribution in [0.4, 0.5) is 0 Å². The second kappa shape index (κ2) is 6.71. The molecule has 0 saturated carbocycles. The standard InChI is InChI=1S/C16H17NO2/c17-15(14-9-5-2-6-10-14)11-16(18)19-12-13-7-3-1-4-8-13/h1-10,15H,11-12,17H2/t15-/m0/s1. The van der Waals surface area contributed by atoms with Crippen LogP contribution < -0.4 is 5.73 Å². The molecule has 2 N–H and O–H groups in total. The third-order valence-electron chi connectivity index (χ3n) is 2.86. The molecule has 0 radical (unpaired) electrons. The first-order chi connectivity index (χ1) is 9.25. The Morgan fingerprint density at radius 3 is 2.21 bits per heavy atom. The van der Waals surface area contributed by atoms with Crippen LogP contribution in [0, 0.1) is 0 Å². The van der Waals surface area contributed by atoms with Gasteiger partial charge in [-0.05, 0) is 11.1 Å². The molecule has 0 aliphatic heterocycles. The third kappa shape index (κ3) is 4.23. The molecule has 0 aromatic heterocycles. The zero-order chi connectivity index (χ0) is 13.5. The van der Waals surface area contributed by atoms with E-state index in [1.165, 1.54) is 0 Å². The Bertz CT molecular complexity index is 511. The lowest BCUT2D eigenvalue weighted by Gasteiger charge is -2.11. The van der Waals surface area contributed by atoms with Gasteiger partial charge in [0.2, 0.25) is 0 Å². The van der Waals surface area contributed by atoms with Gasteiger partial charge in [0.15, 0.2) is 0 Å². The molecule has 2 aromatic carbocycles. The highest BCUT2D eigenvalue weighted by molar-refractivity contribution is 5.70. The number of carbonyl (C=O) groups is 1. The molecule has 0 heterocycles. The van der Waals surface area contributed by atoms with Crippen LogP contribution in [0.2, 0.25) is 0 Å². The number of nitrogens with two attached hydrogens (primary N) is 1. The zero-order valence-electron chi connectivity index (χ0n) is 10.7. The van der Waals surface area contributed by atoms with Crippen molar-refractivity contribution in [3.8, 4) is 0 Å². The maximum absolute atomic E-state index is 11.7.